The Morgan fingerprint density at radius 2 is 1.15 bits per heavy atom. The number of rotatable bonds is 25. The first-order valence-corrected chi connectivity index (χ1v) is 25.5. The van der Waals surface area contributed by atoms with Gasteiger partial charge in [-0.2, -0.15) is 0 Å². The number of hydrogen-bond donors (Lipinski definition) is 0. The Labute approximate surface area is 361 Å². The fourth-order valence-corrected chi connectivity index (χ4v) is 13.6. The molecule has 1 aliphatic heterocycles. The lowest BCUT2D eigenvalue weighted by Gasteiger charge is -2.26. The van der Waals surface area contributed by atoms with Crippen molar-refractivity contribution < 1.29 is 4.74 Å². The van der Waals surface area contributed by atoms with Gasteiger partial charge < -0.3 is 9.64 Å². The van der Waals surface area contributed by atoms with Crippen LogP contribution in [0.5, 0.6) is 0 Å². The Hall–Kier alpha value is -1.26. The van der Waals surface area contributed by atoms with Crippen LogP contribution in [0.15, 0.2) is 36.4 Å². The van der Waals surface area contributed by atoms with Crippen LogP contribution < -0.4 is 0 Å². The summed E-state index contributed by atoms with van der Waals surface area (Å²) in [6.07, 6.45) is 19.1. The molecule has 8 heteroatoms. The molecule has 0 fully saturated rings. The second-order valence-electron chi connectivity index (χ2n) is 17.0. The van der Waals surface area contributed by atoms with E-state index in [1.165, 1.54) is 140 Å². The summed E-state index contributed by atoms with van der Waals surface area (Å²) in [6, 6.07) is 14.0. The lowest BCUT2D eigenvalue weighted by molar-refractivity contribution is 0.0914. The largest absolute Gasteiger partial charge is 0.379 e. The van der Waals surface area contributed by atoms with Gasteiger partial charge in [-0.05, 0) is 72.4 Å². The predicted molar refractivity (Wildman–Crippen MR) is 257 cm³/mol. The summed E-state index contributed by atoms with van der Waals surface area (Å²) in [5.41, 5.74) is 2.66. The van der Waals surface area contributed by atoms with Gasteiger partial charge in [-0.25, -0.2) is 0 Å². The monoisotopic (exact) mass is 853 g/mol. The van der Waals surface area contributed by atoms with E-state index in [0.717, 1.165) is 23.0 Å². The van der Waals surface area contributed by atoms with Crippen molar-refractivity contribution in [3.63, 3.8) is 0 Å². The summed E-state index contributed by atoms with van der Waals surface area (Å²) in [5.74, 6) is 0.627. The highest BCUT2D eigenvalue weighted by molar-refractivity contribution is 7.83. The van der Waals surface area contributed by atoms with E-state index in [9.17, 15) is 0 Å². The zero-order valence-electron chi connectivity index (χ0n) is 35.1. The predicted octanol–water partition coefficient (Wildman–Crippen LogP) is 16.7. The van der Waals surface area contributed by atoms with Crippen molar-refractivity contribution in [3.8, 4) is 29.3 Å². The average molecular weight is 854 g/mol. The third-order valence-corrected chi connectivity index (χ3v) is 18.2. The maximum atomic E-state index is 6.34. The number of fused-ring (bicyclic) bond motifs is 1. The third kappa shape index (κ3) is 11.3. The van der Waals surface area contributed by atoms with Crippen LogP contribution in [0.4, 0.5) is 0 Å². The Balaban J connectivity index is 1.37. The second kappa shape index (κ2) is 21.1. The molecule has 5 rings (SSSR count). The summed E-state index contributed by atoms with van der Waals surface area (Å²) in [7, 11) is 0. The third-order valence-electron chi connectivity index (χ3n) is 11.6. The van der Waals surface area contributed by atoms with E-state index < -0.39 is 0 Å². The maximum absolute atomic E-state index is 6.34. The van der Waals surface area contributed by atoms with Gasteiger partial charge in [0.2, 0.25) is 0 Å². The highest BCUT2D eigenvalue weighted by Gasteiger charge is 2.40. The molecule has 4 aromatic rings. The molecule has 0 saturated carbocycles. The van der Waals surface area contributed by atoms with Crippen molar-refractivity contribution in [2.45, 2.75) is 163 Å². The van der Waals surface area contributed by atoms with Crippen molar-refractivity contribution in [1.29, 1.82) is 0 Å². The Morgan fingerprint density at radius 3 is 1.80 bits per heavy atom. The minimum atomic E-state index is 0.0175. The van der Waals surface area contributed by atoms with Crippen LogP contribution in [0, 0.1) is 5.92 Å². The van der Waals surface area contributed by atoms with E-state index in [2.05, 4.69) is 96.7 Å². The molecule has 1 atom stereocenters. The van der Waals surface area contributed by atoms with Crippen LogP contribution >= 0.6 is 69.8 Å². The number of hydrogen-bond acceptors (Lipinski definition) is 7. The van der Waals surface area contributed by atoms with E-state index in [1.807, 2.05) is 45.3 Å². The molecule has 2 nitrogen and oxygen atoms in total. The van der Waals surface area contributed by atoms with Crippen LogP contribution in [0.3, 0.4) is 0 Å². The molecule has 0 aromatic carbocycles. The molecule has 1 unspecified atom stereocenters. The lowest BCUT2D eigenvalue weighted by Crippen LogP contribution is -2.33. The Kier molecular flexibility index (Phi) is 17.2. The second-order valence-corrected chi connectivity index (χ2v) is 22.0. The number of ether oxygens (including phenoxy) is 1. The van der Waals surface area contributed by atoms with Gasteiger partial charge >= 0.3 is 0 Å². The van der Waals surface area contributed by atoms with Gasteiger partial charge in [0, 0.05) is 58.4 Å². The van der Waals surface area contributed by atoms with Crippen molar-refractivity contribution >= 4 is 79.8 Å². The molecule has 0 spiro atoms. The van der Waals surface area contributed by atoms with E-state index in [4.69, 9.17) is 29.2 Å². The summed E-state index contributed by atoms with van der Waals surface area (Å²) >= 11 is 20.4. The minimum absolute atomic E-state index is 0.0175. The summed E-state index contributed by atoms with van der Waals surface area (Å²) in [5, 5.41) is 0. The molecule has 1 aliphatic rings. The van der Waals surface area contributed by atoms with Crippen LogP contribution in [0.1, 0.15) is 173 Å². The highest BCUT2D eigenvalue weighted by Crippen LogP contribution is 2.51. The van der Waals surface area contributed by atoms with E-state index in [-0.39, 0.29) is 10.8 Å². The topological polar surface area (TPSA) is 12.5 Å². The zero-order chi connectivity index (χ0) is 39.6. The standard InChI is InChI=1S/C47H67NOS6/c1-9-13-16-17-18-19-20-29-47(7,8)43-41-40(44(50)48(45(41)51)30-31-49-32-33(12-4)21-14-10-2)42(55-43)38-25-24-35(53-38)34-22-23-36(52-34)37-26-27-39(54-37)46(5,6)28-15-11-3/h22-27,33H,9-21,28-32H2,1-8H3. The van der Waals surface area contributed by atoms with Crippen molar-refractivity contribution in [2.24, 2.45) is 5.92 Å². The lowest BCUT2D eigenvalue weighted by atomic mass is 9.83. The molecular formula is C47H67NOS6. The Morgan fingerprint density at radius 1 is 0.600 bits per heavy atom. The molecule has 0 saturated heterocycles. The van der Waals surface area contributed by atoms with Gasteiger partial charge in [0.25, 0.3) is 0 Å². The normalized spacial score (nSPS) is 14.1. The molecular weight excluding hydrogens is 787 g/mol. The van der Waals surface area contributed by atoms with Crippen molar-refractivity contribution in [2.75, 3.05) is 19.8 Å². The van der Waals surface area contributed by atoms with Gasteiger partial charge in [-0.1, -0.05) is 157 Å². The van der Waals surface area contributed by atoms with E-state index >= 15 is 0 Å². The van der Waals surface area contributed by atoms with Crippen molar-refractivity contribution in [3.05, 3.63) is 57.3 Å². The Bertz CT molecular complexity index is 1820. The number of unbranched alkanes of at least 4 members (excludes halogenated alkanes) is 8. The van der Waals surface area contributed by atoms with Gasteiger partial charge in [-0.15, -0.1) is 45.3 Å². The van der Waals surface area contributed by atoms with Gasteiger partial charge in [0.05, 0.1) is 11.5 Å². The first-order chi connectivity index (χ1) is 26.4. The minimum Gasteiger partial charge on any atom is -0.379 e. The van der Waals surface area contributed by atoms with E-state index in [1.54, 1.807) is 0 Å². The fraction of sp³-hybridized carbons (Fsp3) is 0.617. The number of nitrogens with zero attached hydrogens (tertiary/aromatic N) is 1. The molecule has 55 heavy (non-hydrogen) atoms. The highest BCUT2D eigenvalue weighted by atomic mass is 32.1. The van der Waals surface area contributed by atoms with Crippen LogP contribution in [-0.2, 0) is 15.6 Å². The number of thiophene rings is 4. The smallest absolute Gasteiger partial charge is 0.116 e. The maximum Gasteiger partial charge on any atom is 0.116 e. The quantitative estimate of drug-likeness (QED) is 0.0486. The molecule has 0 N–H and O–H groups in total. The van der Waals surface area contributed by atoms with Crippen molar-refractivity contribution in [1.82, 2.24) is 4.90 Å². The molecule has 0 bridgehead atoms. The van der Waals surface area contributed by atoms with E-state index in [0.29, 0.717) is 19.1 Å². The summed E-state index contributed by atoms with van der Waals surface area (Å²) in [6.45, 7) is 21.0. The first kappa shape index (κ1) is 44.8. The first-order valence-electron chi connectivity index (χ1n) is 21.4. The molecule has 0 aliphatic carbocycles. The van der Waals surface area contributed by atoms with Gasteiger partial charge in [0.15, 0.2) is 0 Å². The number of thiocarbonyl (C=S) groups is 2. The zero-order valence-corrected chi connectivity index (χ0v) is 40.0. The molecule has 0 radical (unpaired) electrons. The molecule has 4 aromatic heterocycles. The molecule has 0 amide bonds. The van der Waals surface area contributed by atoms with Crippen LogP contribution in [-0.4, -0.2) is 34.6 Å². The summed E-state index contributed by atoms with van der Waals surface area (Å²) < 4.78 is 6.30. The van der Waals surface area contributed by atoms with Crippen LogP contribution in [0.2, 0.25) is 0 Å². The van der Waals surface area contributed by atoms with Gasteiger partial charge in [0.1, 0.15) is 9.98 Å². The van der Waals surface area contributed by atoms with Gasteiger partial charge in [-0.3, -0.25) is 0 Å². The molecule has 5 heterocycles. The fourth-order valence-electron chi connectivity index (χ4n) is 7.77. The molecule has 302 valence electrons. The SMILES string of the molecule is CCCCCCCCCC(C)(C)c1sc(-c2ccc(-c3ccc(-c4ccc(C(C)(C)CCCC)s4)s3)s2)c2c1C(=S)N(CCOCC(CC)CCCC)C2=S. The average Bonchev–Trinajstić information content (AvgIpc) is 4.01. The summed E-state index contributed by atoms with van der Waals surface area (Å²) in [4.78, 5) is 14.9. The van der Waals surface area contributed by atoms with Crippen LogP contribution in [0.25, 0.3) is 29.3 Å².